The lowest BCUT2D eigenvalue weighted by Gasteiger charge is -2.26. The first-order chi connectivity index (χ1) is 19.2. The van der Waals surface area contributed by atoms with Crippen LogP contribution in [0, 0.1) is 5.82 Å². The molecule has 0 unspecified atom stereocenters. The predicted octanol–water partition coefficient (Wildman–Crippen LogP) is 4.84. The highest BCUT2D eigenvalue weighted by molar-refractivity contribution is 7.89. The molecule has 0 saturated heterocycles. The molecule has 0 radical (unpaired) electrons. The van der Waals surface area contributed by atoms with Gasteiger partial charge >= 0.3 is 0 Å². The number of halogens is 1. The van der Waals surface area contributed by atoms with E-state index >= 15 is 0 Å². The normalized spacial score (nSPS) is 15.5. The summed E-state index contributed by atoms with van der Waals surface area (Å²) in [5, 5.41) is 0. The molecule has 3 aromatic carbocycles. The number of fused-ring (bicyclic) bond motifs is 1. The molecule has 208 valence electrons. The van der Waals surface area contributed by atoms with Crippen LogP contribution in [0.3, 0.4) is 0 Å². The lowest BCUT2D eigenvalue weighted by Crippen LogP contribution is -2.33. The Kier molecular flexibility index (Phi) is 8.11. The highest BCUT2D eigenvalue weighted by atomic mass is 32.2. The van der Waals surface area contributed by atoms with Gasteiger partial charge < -0.3 is 14.2 Å². The number of aryl methyl sites for hydroxylation is 2. The summed E-state index contributed by atoms with van der Waals surface area (Å²) in [6.45, 7) is 0.234. The molecular weight excluding hydrogens is 531 g/mol. The number of benzene rings is 3. The number of aromatic nitrogens is 2. The van der Waals surface area contributed by atoms with Crippen LogP contribution in [0.1, 0.15) is 47.5 Å². The SMILES string of the molecule is CO[C@@H](CC(=O)N(Cc1nccn1C)c1ccc2c(c1)[C@@H](NS(=O)(=O)c1ccc(F)cc1)CC2)c1ccccc1. The minimum atomic E-state index is -3.88. The molecule has 0 aliphatic heterocycles. The monoisotopic (exact) mass is 562 g/mol. The summed E-state index contributed by atoms with van der Waals surface area (Å²) in [5.74, 6) is 0.0476. The van der Waals surface area contributed by atoms with Crippen molar-refractivity contribution < 1.29 is 22.3 Å². The van der Waals surface area contributed by atoms with Crippen molar-refractivity contribution in [2.45, 2.75) is 42.8 Å². The number of carbonyl (C=O) groups is 1. The number of methoxy groups -OCH3 is 1. The van der Waals surface area contributed by atoms with E-state index in [1.807, 2.05) is 66.3 Å². The predicted molar refractivity (Wildman–Crippen MR) is 149 cm³/mol. The van der Waals surface area contributed by atoms with Crippen molar-refractivity contribution in [2.75, 3.05) is 12.0 Å². The quantitative estimate of drug-likeness (QED) is 0.299. The number of sulfonamides is 1. The molecule has 1 amide bonds. The first kappa shape index (κ1) is 27.7. The molecule has 0 fully saturated rings. The third-order valence-electron chi connectivity index (χ3n) is 7.28. The third-order valence-corrected chi connectivity index (χ3v) is 8.77. The van der Waals surface area contributed by atoms with Crippen molar-refractivity contribution in [3.8, 4) is 0 Å². The second-order valence-corrected chi connectivity index (χ2v) is 11.5. The summed E-state index contributed by atoms with van der Waals surface area (Å²) in [7, 11) is -0.421. The number of imidazole rings is 1. The van der Waals surface area contributed by atoms with E-state index < -0.39 is 28.0 Å². The fourth-order valence-corrected chi connectivity index (χ4v) is 6.29. The van der Waals surface area contributed by atoms with Gasteiger partial charge in [0.25, 0.3) is 0 Å². The highest BCUT2D eigenvalue weighted by Gasteiger charge is 2.30. The van der Waals surface area contributed by atoms with Gasteiger partial charge in [0.15, 0.2) is 0 Å². The summed E-state index contributed by atoms with van der Waals surface area (Å²) in [4.78, 5) is 19.9. The largest absolute Gasteiger partial charge is 0.376 e. The van der Waals surface area contributed by atoms with Gasteiger partial charge in [0, 0.05) is 38.3 Å². The first-order valence-corrected chi connectivity index (χ1v) is 14.5. The summed E-state index contributed by atoms with van der Waals surface area (Å²) in [6.07, 6.45) is 4.46. The Morgan fingerprint density at radius 3 is 2.58 bits per heavy atom. The Labute approximate surface area is 233 Å². The van der Waals surface area contributed by atoms with Crippen molar-refractivity contribution in [3.05, 3.63) is 114 Å². The van der Waals surface area contributed by atoms with E-state index in [2.05, 4.69) is 9.71 Å². The zero-order valence-corrected chi connectivity index (χ0v) is 23.1. The number of ether oxygens (including phenoxy) is 1. The smallest absolute Gasteiger partial charge is 0.241 e. The lowest BCUT2D eigenvalue weighted by molar-refractivity contribution is -0.121. The number of nitrogens with zero attached hydrogens (tertiary/aromatic N) is 3. The third kappa shape index (κ3) is 5.99. The fraction of sp³-hybridized carbons (Fsp3) is 0.267. The summed E-state index contributed by atoms with van der Waals surface area (Å²) < 4.78 is 49.8. The molecule has 4 aromatic rings. The molecule has 1 aliphatic rings. The van der Waals surface area contributed by atoms with Gasteiger partial charge in [-0.15, -0.1) is 0 Å². The van der Waals surface area contributed by atoms with Gasteiger partial charge in [-0.25, -0.2) is 22.5 Å². The van der Waals surface area contributed by atoms with Crippen LogP contribution < -0.4 is 9.62 Å². The number of rotatable bonds is 10. The van der Waals surface area contributed by atoms with Crippen molar-refractivity contribution in [3.63, 3.8) is 0 Å². The molecule has 40 heavy (non-hydrogen) atoms. The molecule has 0 spiro atoms. The molecule has 0 bridgehead atoms. The van der Waals surface area contributed by atoms with Crippen LogP contribution in [0.2, 0.25) is 0 Å². The van der Waals surface area contributed by atoms with Crippen molar-refractivity contribution in [2.24, 2.45) is 7.05 Å². The molecule has 1 aliphatic carbocycles. The van der Waals surface area contributed by atoms with Gasteiger partial charge in [0.1, 0.15) is 11.6 Å². The Bertz CT molecular complexity index is 1590. The van der Waals surface area contributed by atoms with Crippen LogP contribution >= 0.6 is 0 Å². The van der Waals surface area contributed by atoms with Crippen LogP contribution in [0.5, 0.6) is 0 Å². The molecule has 1 heterocycles. The molecule has 10 heteroatoms. The van der Waals surface area contributed by atoms with Crippen LogP contribution in [0.25, 0.3) is 0 Å². The van der Waals surface area contributed by atoms with Crippen LogP contribution in [0.4, 0.5) is 10.1 Å². The van der Waals surface area contributed by atoms with Crippen molar-refractivity contribution >= 4 is 21.6 Å². The standard InChI is InChI=1S/C30H31FN4O4S/c1-34-17-16-32-29(34)20-35(30(36)19-28(39-2)22-6-4-3-5-7-22)24-12-8-21-9-15-27(26(21)18-24)33-40(37,38)25-13-10-23(31)11-14-25/h3-8,10-14,16-18,27-28,33H,9,15,19-20H2,1-2H3/t27-,28-/m0/s1. The van der Waals surface area contributed by atoms with Gasteiger partial charge in [-0.3, -0.25) is 4.79 Å². The van der Waals surface area contributed by atoms with E-state index in [4.69, 9.17) is 4.74 Å². The molecule has 5 rings (SSSR count). The molecule has 8 nitrogen and oxygen atoms in total. The summed E-state index contributed by atoms with van der Waals surface area (Å²) in [6, 6.07) is 19.6. The van der Waals surface area contributed by atoms with Gasteiger partial charge in [0.05, 0.1) is 24.0 Å². The number of anilines is 1. The fourth-order valence-electron chi connectivity index (χ4n) is 5.04. The van der Waals surface area contributed by atoms with E-state index in [1.165, 1.54) is 12.1 Å². The zero-order valence-electron chi connectivity index (χ0n) is 22.3. The summed E-state index contributed by atoms with van der Waals surface area (Å²) in [5.41, 5.74) is 3.37. The number of carbonyl (C=O) groups excluding carboxylic acids is 1. The van der Waals surface area contributed by atoms with Gasteiger partial charge in [-0.1, -0.05) is 36.4 Å². The highest BCUT2D eigenvalue weighted by Crippen LogP contribution is 2.36. The van der Waals surface area contributed by atoms with Crippen LogP contribution in [0.15, 0.2) is 90.1 Å². The average molecular weight is 563 g/mol. The number of hydrogen-bond donors (Lipinski definition) is 1. The molecule has 1 N–H and O–H groups in total. The Morgan fingerprint density at radius 1 is 1.15 bits per heavy atom. The van der Waals surface area contributed by atoms with Gasteiger partial charge in [0.2, 0.25) is 15.9 Å². The topological polar surface area (TPSA) is 93.5 Å². The Balaban J connectivity index is 1.44. The maximum atomic E-state index is 13.8. The molecule has 0 saturated carbocycles. The van der Waals surface area contributed by atoms with E-state index in [-0.39, 0.29) is 23.8 Å². The van der Waals surface area contributed by atoms with Crippen molar-refractivity contribution in [1.29, 1.82) is 0 Å². The maximum Gasteiger partial charge on any atom is 0.241 e. The first-order valence-electron chi connectivity index (χ1n) is 13.0. The molecule has 1 aromatic heterocycles. The van der Waals surface area contributed by atoms with Crippen molar-refractivity contribution in [1.82, 2.24) is 14.3 Å². The van der Waals surface area contributed by atoms with Gasteiger partial charge in [-0.2, -0.15) is 0 Å². The van der Waals surface area contributed by atoms with E-state index in [1.54, 1.807) is 18.2 Å². The van der Waals surface area contributed by atoms with Crippen LogP contribution in [-0.2, 0) is 39.6 Å². The Morgan fingerprint density at radius 2 is 1.90 bits per heavy atom. The second kappa shape index (κ2) is 11.7. The zero-order chi connectivity index (χ0) is 28.3. The molecular formula is C30H31FN4O4S. The van der Waals surface area contributed by atoms with Crippen LogP contribution in [-0.4, -0.2) is 31.0 Å². The number of amides is 1. The number of nitrogens with one attached hydrogen (secondary N) is 1. The summed E-state index contributed by atoms with van der Waals surface area (Å²) >= 11 is 0. The maximum absolute atomic E-state index is 13.8. The van der Waals surface area contributed by atoms with Gasteiger partial charge in [-0.05, 0) is 65.9 Å². The molecule has 2 atom stereocenters. The minimum Gasteiger partial charge on any atom is -0.376 e. The average Bonchev–Trinajstić information content (AvgIpc) is 3.55. The Hall–Kier alpha value is -3.86. The van der Waals surface area contributed by atoms with E-state index in [0.29, 0.717) is 24.4 Å². The van der Waals surface area contributed by atoms with E-state index in [9.17, 15) is 17.6 Å². The van der Waals surface area contributed by atoms with E-state index in [0.717, 1.165) is 28.8 Å². The second-order valence-electron chi connectivity index (χ2n) is 9.82. The minimum absolute atomic E-state index is 0.00314. The lowest BCUT2D eigenvalue weighted by atomic mass is 10.0. The number of hydrogen-bond acceptors (Lipinski definition) is 5.